The Bertz CT molecular complexity index is 421. The van der Waals surface area contributed by atoms with Gasteiger partial charge < -0.3 is 5.11 Å². The van der Waals surface area contributed by atoms with E-state index in [0.717, 1.165) is 3.97 Å². The lowest BCUT2D eigenvalue weighted by Crippen LogP contribution is -2.41. The number of imidazole rings is 1. The molecule has 0 spiro atoms. The molecule has 7 heteroatoms. The van der Waals surface area contributed by atoms with Crippen LogP contribution in [0.2, 0.25) is 0 Å². The van der Waals surface area contributed by atoms with Crippen LogP contribution in [-0.4, -0.2) is 46.5 Å². The molecule has 1 aromatic heterocycles. The van der Waals surface area contributed by atoms with Crippen LogP contribution in [0.25, 0.3) is 0 Å². The summed E-state index contributed by atoms with van der Waals surface area (Å²) < 4.78 is 26.6. The lowest BCUT2D eigenvalue weighted by atomic mass is 10.00. The quantitative estimate of drug-likeness (QED) is 0.792. The third-order valence-electron chi connectivity index (χ3n) is 2.90. The molecule has 1 aliphatic rings. The molecule has 1 aromatic rings. The summed E-state index contributed by atoms with van der Waals surface area (Å²) in [6.07, 6.45) is 5.58. The largest absolute Gasteiger partial charge is 0.396 e. The van der Waals surface area contributed by atoms with E-state index >= 15 is 0 Å². The van der Waals surface area contributed by atoms with Crippen LogP contribution < -0.4 is 0 Å². The van der Waals surface area contributed by atoms with Crippen molar-refractivity contribution in [3.8, 4) is 0 Å². The van der Waals surface area contributed by atoms with Crippen LogP contribution in [0.5, 0.6) is 0 Å². The number of piperidine rings is 1. The molecule has 0 aliphatic carbocycles. The highest BCUT2D eigenvalue weighted by Gasteiger charge is 2.28. The second-order valence-electron chi connectivity index (χ2n) is 3.93. The van der Waals surface area contributed by atoms with E-state index < -0.39 is 10.2 Å². The van der Waals surface area contributed by atoms with Crippen molar-refractivity contribution in [3.05, 3.63) is 18.7 Å². The fourth-order valence-electron chi connectivity index (χ4n) is 1.84. The molecule has 0 atom stereocenters. The maximum atomic E-state index is 12.0. The van der Waals surface area contributed by atoms with Crippen LogP contribution in [0.4, 0.5) is 0 Å². The van der Waals surface area contributed by atoms with Crippen molar-refractivity contribution >= 4 is 10.2 Å². The van der Waals surface area contributed by atoms with Gasteiger partial charge in [0.15, 0.2) is 0 Å². The van der Waals surface area contributed by atoms with Gasteiger partial charge in [0.2, 0.25) is 0 Å². The summed E-state index contributed by atoms with van der Waals surface area (Å²) in [6.45, 7) is 1.07. The van der Waals surface area contributed by atoms with Crippen LogP contribution in [0.1, 0.15) is 12.8 Å². The first-order valence-corrected chi connectivity index (χ1v) is 6.64. The zero-order valence-electron chi connectivity index (χ0n) is 8.86. The topological polar surface area (TPSA) is 75.4 Å². The summed E-state index contributed by atoms with van der Waals surface area (Å²) in [4.78, 5) is 3.73. The molecule has 2 heterocycles. The molecule has 6 nitrogen and oxygen atoms in total. The number of hydrogen-bond donors (Lipinski definition) is 1. The van der Waals surface area contributed by atoms with Crippen LogP contribution in [0.3, 0.4) is 0 Å². The molecule has 1 saturated heterocycles. The minimum Gasteiger partial charge on any atom is -0.396 e. The molecule has 0 saturated carbocycles. The van der Waals surface area contributed by atoms with Crippen LogP contribution in [0, 0.1) is 5.92 Å². The van der Waals surface area contributed by atoms with E-state index in [1.165, 1.54) is 23.0 Å². The highest BCUT2D eigenvalue weighted by Crippen LogP contribution is 2.19. The summed E-state index contributed by atoms with van der Waals surface area (Å²) in [6, 6.07) is 0. The second-order valence-corrected chi connectivity index (χ2v) is 5.76. The molecule has 1 aliphatic heterocycles. The third kappa shape index (κ3) is 2.11. The lowest BCUT2D eigenvalue weighted by Gasteiger charge is -2.30. The van der Waals surface area contributed by atoms with Crippen molar-refractivity contribution in [2.45, 2.75) is 12.8 Å². The third-order valence-corrected chi connectivity index (χ3v) is 4.67. The van der Waals surface area contributed by atoms with E-state index in [2.05, 4.69) is 4.98 Å². The first kappa shape index (κ1) is 11.6. The molecule has 0 bridgehead atoms. The Morgan fingerprint density at radius 3 is 2.56 bits per heavy atom. The van der Waals surface area contributed by atoms with Gasteiger partial charge in [0, 0.05) is 32.1 Å². The van der Waals surface area contributed by atoms with Gasteiger partial charge in [-0.2, -0.15) is 12.7 Å². The molecule has 1 N–H and O–H groups in total. The van der Waals surface area contributed by atoms with Crippen LogP contribution in [-0.2, 0) is 10.2 Å². The number of rotatable bonds is 3. The molecule has 0 aromatic carbocycles. The molecular weight excluding hydrogens is 230 g/mol. The zero-order chi connectivity index (χ0) is 11.6. The SMILES string of the molecule is O=S(=O)(N1CCC(CO)CC1)n1ccnc1. The first-order valence-electron chi connectivity index (χ1n) is 5.24. The second kappa shape index (κ2) is 4.52. The molecule has 0 radical (unpaired) electrons. The monoisotopic (exact) mass is 245 g/mol. The molecule has 1 fully saturated rings. The van der Waals surface area contributed by atoms with Crippen molar-refractivity contribution < 1.29 is 13.5 Å². The van der Waals surface area contributed by atoms with E-state index in [1.807, 2.05) is 0 Å². The van der Waals surface area contributed by atoms with Gasteiger partial charge in [-0.15, -0.1) is 0 Å². The van der Waals surface area contributed by atoms with Crippen molar-refractivity contribution in [2.24, 2.45) is 5.92 Å². The standard InChI is InChI=1S/C9H15N3O3S/c13-7-9-1-4-11(5-2-9)16(14,15)12-6-3-10-8-12/h3,6,8-9,13H,1-2,4-5,7H2. The minimum absolute atomic E-state index is 0.138. The van der Waals surface area contributed by atoms with Gasteiger partial charge >= 0.3 is 10.2 Å². The number of aromatic nitrogens is 2. The number of aliphatic hydroxyl groups is 1. The van der Waals surface area contributed by atoms with Gasteiger partial charge in [-0.05, 0) is 18.8 Å². The van der Waals surface area contributed by atoms with E-state index in [9.17, 15) is 8.42 Å². The first-order chi connectivity index (χ1) is 7.64. The van der Waals surface area contributed by atoms with Gasteiger partial charge in [-0.3, -0.25) is 0 Å². The Labute approximate surface area is 94.7 Å². The maximum Gasteiger partial charge on any atom is 0.308 e. The van der Waals surface area contributed by atoms with E-state index in [4.69, 9.17) is 5.11 Å². The molecule has 0 unspecified atom stereocenters. The Morgan fingerprint density at radius 2 is 2.06 bits per heavy atom. The highest BCUT2D eigenvalue weighted by molar-refractivity contribution is 7.87. The summed E-state index contributed by atoms with van der Waals surface area (Å²) in [5.74, 6) is 0.231. The van der Waals surface area contributed by atoms with Crippen molar-refractivity contribution in [1.29, 1.82) is 0 Å². The number of nitrogens with zero attached hydrogens (tertiary/aromatic N) is 3. The summed E-state index contributed by atoms with van der Waals surface area (Å²) >= 11 is 0. The van der Waals surface area contributed by atoms with E-state index in [-0.39, 0.29) is 12.5 Å². The average Bonchev–Trinajstić information content (AvgIpc) is 2.83. The van der Waals surface area contributed by atoms with Gasteiger partial charge in [0.1, 0.15) is 6.33 Å². The van der Waals surface area contributed by atoms with Gasteiger partial charge in [0.25, 0.3) is 0 Å². The Hall–Kier alpha value is -0.920. The summed E-state index contributed by atoms with van der Waals surface area (Å²) in [5.41, 5.74) is 0. The van der Waals surface area contributed by atoms with Crippen molar-refractivity contribution in [3.63, 3.8) is 0 Å². The zero-order valence-corrected chi connectivity index (χ0v) is 9.68. The van der Waals surface area contributed by atoms with E-state index in [1.54, 1.807) is 0 Å². The average molecular weight is 245 g/mol. The van der Waals surface area contributed by atoms with Crippen LogP contribution >= 0.6 is 0 Å². The molecule has 16 heavy (non-hydrogen) atoms. The van der Waals surface area contributed by atoms with Gasteiger partial charge in [-0.1, -0.05) is 0 Å². The van der Waals surface area contributed by atoms with Crippen molar-refractivity contribution in [2.75, 3.05) is 19.7 Å². The predicted molar refractivity (Wildman–Crippen MR) is 57.9 cm³/mol. The Morgan fingerprint density at radius 1 is 1.38 bits per heavy atom. The highest BCUT2D eigenvalue weighted by atomic mass is 32.2. The van der Waals surface area contributed by atoms with E-state index in [0.29, 0.717) is 25.9 Å². The summed E-state index contributed by atoms with van der Waals surface area (Å²) in [5, 5.41) is 8.98. The lowest BCUT2D eigenvalue weighted by molar-refractivity contribution is 0.169. The molecule has 2 rings (SSSR count). The Balaban J connectivity index is 2.09. The molecule has 90 valence electrons. The van der Waals surface area contributed by atoms with Gasteiger partial charge in [-0.25, -0.2) is 8.96 Å². The van der Waals surface area contributed by atoms with Gasteiger partial charge in [0.05, 0.1) is 0 Å². The normalized spacial score (nSPS) is 20.1. The number of hydrogen-bond acceptors (Lipinski definition) is 4. The minimum atomic E-state index is -3.44. The molecule has 0 amide bonds. The van der Waals surface area contributed by atoms with Crippen molar-refractivity contribution in [1.82, 2.24) is 13.3 Å². The Kier molecular flexibility index (Phi) is 3.27. The fourth-order valence-corrected chi connectivity index (χ4v) is 3.16. The number of aliphatic hydroxyl groups excluding tert-OH is 1. The fraction of sp³-hybridized carbons (Fsp3) is 0.667. The molecular formula is C9H15N3O3S. The maximum absolute atomic E-state index is 12.0. The van der Waals surface area contributed by atoms with Crippen LogP contribution in [0.15, 0.2) is 18.7 Å². The smallest absolute Gasteiger partial charge is 0.308 e. The predicted octanol–water partition coefficient (Wildman–Crippen LogP) is -0.320. The summed E-state index contributed by atoms with van der Waals surface area (Å²) in [7, 11) is -3.44.